The molecule has 15 heavy (non-hydrogen) atoms. The SMILES string of the molecule is CCC(CC)CN1C(=O)CNC1C(C)C. The van der Waals surface area contributed by atoms with Gasteiger partial charge in [0.1, 0.15) is 0 Å². The number of nitrogens with one attached hydrogen (secondary N) is 1. The lowest BCUT2D eigenvalue weighted by atomic mass is 10.0. The van der Waals surface area contributed by atoms with Gasteiger partial charge in [0.15, 0.2) is 0 Å². The molecule has 1 aliphatic rings. The van der Waals surface area contributed by atoms with Crippen molar-refractivity contribution in [3.05, 3.63) is 0 Å². The van der Waals surface area contributed by atoms with Crippen LogP contribution in [0.4, 0.5) is 0 Å². The van der Waals surface area contributed by atoms with Crippen LogP contribution in [0.25, 0.3) is 0 Å². The van der Waals surface area contributed by atoms with Gasteiger partial charge >= 0.3 is 0 Å². The van der Waals surface area contributed by atoms with Crippen molar-refractivity contribution in [1.82, 2.24) is 10.2 Å². The van der Waals surface area contributed by atoms with Crippen molar-refractivity contribution in [2.24, 2.45) is 11.8 Å². The average Bonchev–Trinajstić information content (AvgIpc) is 2.56. The molecule has 1 aliphatic heterocycles. The molecule has 0 aromatic rings. The van der Waals surface area contributed by atoms with E-state index in [1.54, 1.807) is 0 Å². The molecule has 0 aromatic carbocycles. The van der Waals surface area contributed by atoms with Gasteiger partial charge in [0.05, 0.1) is 12.7 Å². The van der Waals surface area contributed by atoms with Crippen LogP contribution in [0, 0.1) is 11.8 Å². The van der Waals surface area contributed by atoms with Crippen molar-refractivity contribution in [2.75, 3.05) is 13.1 Å². The fraction of sp³-hybridized carbons (Fsp3) is 0.917. The van der Waals surface area contributed by atoms with Gasteiger partial charge in [-0.2, -0.15) is 0 Å². The summed E-state index contributed by atoms with van der Waals surface area (Å²) in [5, 5.41) is 3.29. The maximum absolute atomic E-state index is 11.7. The molecule has 0 aromatic heterocycles. The third-order valence-electron chi connectivity index (χ3n) is 3.36. The first-order chi connectivity index (χ1) is 7.10. The molecule has 0 aliphatic carbocycles. The Labute approximate surface area is 93.2 Å². The molecule has 0 radical (unpaired) electrons. The van der Waals surface area contributed by atoms with Gasteiger partial charge in [-0.1, -0.05) is 40.5 Å². The monoisotopic (exact) mass is 212 g/mol. The van der Waals surface area contributed by atoms with Crippen LogP contribution in [0.15, 0.2) is 0 Å². The molecule has 3 heteroatoms. The van der Waals surface area contributed by atoms with Gasteiger partial charge in [-0.05, 0) is 11.8 Å². The molecule has 1 heterocycles. The Morgan fingerprint density at radius 1 is 1.40 bits per heavy atom. The Morgan fingerprint density at radius 2 is 2.00 bits per heavy atom. The first-order valence-corrected chi connectivity index (χ1v) is 6.12. The van der Waals surface area contributed by atoms with Crippen LogP contribution in [-0.4, -0.2) is 30.1 Å². The van der Waals surface area contributed by atoms with Crippen LogP contribution in [0.5, 0.6) is 0 Å². The zero-order valence-corrected chi connectivity index (χ0v) is 10.4. The van der Waals surface area contributed by atoms with Gasteiger partial charge < -0.3 is 4.90 Å². The zero-order valence-electron chi connectivity index (χ0n) is 10.4. The van der Waals surface area contributed by atoms with E-state index in [0.717, 1.165) is 19.4 Å². The molecular formula is C12H24N2O. The molecule has 1 atom stereocenters. The number of hydrogen-bond donors (Lipinski definition) is 1. The predicted octanol–water partition coefficient (Wildman–Crippen LogP) is 1.84. The van der Waals surface area contributed by atoms with Crippen molar-refractivity contribution in [3.8, 4) is 0 Å². The molecule has 1 fully saturated rings. The van der Waals surface area contributed by atoms with Crippen molar-refractivity contribution in [3.63, 3.8) is 0 Å². The van der Waals surface area contributed by atoms with Crippen LogP contribution in [0.1, 0.15) is 40.5 Å². The molecule has 1 saturated heterocycles. The maximum Gasteiger partial charge on any atom is 0.237 e. The minimum atomic E-state index is 0.248. The van der Waals surface area contributed by atoms with Gasteiger partial charge in [-0.25, -0.2) is 0 Å². The predicted molar refractivity (Wildman–Crippen MR) is 62.4 cm³/mol. The van der Waals surface area contributed by atoms with Gasteiger partial charge in [0.2, 0.25) is 5.91 Å². The molecule has 0 bridgehead atoms. The molecule has 1 unspecified atom stereocenters. The fourth-order valence-electron chi connectivity index (χ4n) is 2.19. The van der Waals surface area contributed by atoms with Crippen LogP contribution in [0.3, 0.4) is 0 Å². The third kappa shape index (κ3) is 2.94. The van der Waals surface area contributed by atoms with E-state index in [2.05, 4.69) is 33.0 Å². The van der Waals surface area contributed by atoms with Gasteiger partial charge in [0, 0.05) is 6.54 Å². The second kappa shape index (κ2) is 5.50. The smallest absolute Gasteiger partial charge is 0.237 e. The van der Waals surface area contributed by atoms with Gasteiger partial charge in [-0.3, -0.25) is 10.1 Å². The summed E-state index contributed by atoms with van der Waals surface area (Å²) in [6.07, 6.45) is 2.56. The summed E-state index contributed by atoms with van der Waals surface area (Å²) < 4.78 is 0. The molecule has 88 valence electrons. The summed E-state index contributed by atoms with van der Waals surface area (Å²) in [6, 6.07) is 0. The van der Waals surface area contributed by atoms with Gasteiger partial charge in [-0.15, -0.1) is 0 Å². The number of carbonyl (C=O) groups is 1. The highest BCUT2D eigenvalue weighted by Crippen LogP contribution is 2.18. The van der Waals surface area contributed by atoms with E-state index < -0.39 is 0 Å². The number of amides is 1. The standard InChI is InChI=1S/C12H24N2O/c1-5-10(6-2)8-14-11(15)7-13-12(14)9(3)4/h9-10,12-13H,5-8H2,1-4H3. The molecule has 0 spiro atoms. The largest absolute Gasteiger partial charge is 0.326 e. The number of nitrogens with zero attached hydrogens (tertiary/aromatic N) is 1. The number of hydrogen-bond acceptors (Lipinski definition) is 2. The van der Waals surface area contributed by atoms with Crippen LogP contribution in [0.2, 0.25) is 0 Å². The van der Waals surface area contributed by atoms with Crippen molar-refractivity contribution < 1.29 is 4.79 Å². The summed E-state index contributed by atoms with van der Waals surface area (Å²) in [7, 11) is 0. The Morgan fingerprint density at radius 3 is 2.47 bits per heavy atom. The number of carbonyl (C=O) groups excluding carboxylic acids is 1. The molecule has 1 N–H and O–H groups in total. The van der Waals surface area contributed by atoms with E-state index >= 15 is 0 Å². The van der Waals surface area contributed by atoms with Crippen molar-refractivity contribution in [2.45, 2.75) is 46.7 Å². The third-order valence-corrected chi connectivity index (χ3v) is 3.36. The van der Waals surface area contributed by atoms with E-state index in [9.17, 15) is 4.79 Å². The summed E-state index contributed by atoms with van der Waals surface area (Å²) in [5.41, 5.74) is 0. The minimum absolute atomic E-state index is 0.248. The molecular weight excluding hydrogens is 188 g/mol. The first kappa shape index (κ1) is 12.5. The van der Waals surface area contributed by atoms with E-state index in [0.29, 0.717) is 18.4 Å². The van der Waals surface area contributed by atoms with Gasteiger partial charge in [0.25, 0.3) is 0 Å². The fourth-order valence-corrected chi connectivity index (χ4v) is 2.19. The lowest BCUT2D eigenvalue weighted by molar-refractivity contribution is -0.129. The van der Waals surface area contributed by atoms with Crippen LogP contribution < -0.4 is 5.32 Å². The molecule has 3 nitrogen and oxygen atoms in total. The highest BCUT2D eigenvalue weighted by atomic mass is 16.2. The lowest BCUT2D eigenvalue weighted by Crippen LogP contribution is -2.43. The topological polar surface area (TPSA) is 32.3 Å². The van der Waals surface area contributed by atoms with E-state index in [-0.39, 0.29) is 12.1 Å². The summed E-state index contributed by atoms with van der Waals surface area (Å²) in [6.45, 7) is 10.2. The van der Waals surface area contributed by atoms with E-state index in [1.165, 1.54) is 0 Å². The van der Waals surface area contributed by atoms with Crippen molar-refractivity contribution >= 4 is 5.91 Å². The molecule has 0 saturated carbocycles. The quantitative estimate of drug-likeness (QED) is 0.754. The highest BCUT2D eigenvalue weighted by Gasteiger charge is 2.32. The zero-order chi connectivity index (χ0) is 11.4. The Kier molecular flexibility index (Phi) is 4.58. The highest BCUT2D eigenvalue weighted by molar-refractivity contribution is 5.80. The summed E-state index contributed by atoms with van der Waals surface area (Å²) in [5.74, 6) is 1.40. The Balaban J connectivity index is 2.59. The summed E-state index contributed by atoms with van der Waals surface area (Å²) in [4.78, 5) is 13.8. The van der Waals surface area contributed by atoms with E-state index in [1.807, 2.05) is 4.90 Å². The second-order valence-corrected chi connectivity index (χ2v) is 4.80. The van der Waals surface area contributed by atoms with E-state index in [4.69, 9.17) is 0 Å². The first-order valence-electron chi connectivity index (χ1n) is 6.12. The van der Waals surface area contributed by atoms with Crippen LogP contribution >= 0.6 is 0 Å². The average molecular weight is 212 g/mol. The Hall–Kier alpha value is -0.570. The number of rotatable bonds is 5. The normalized spacial score (nSPS) is 22.1. The lowest BCUT2D eigenvalue weighted by Gasteiger charge is -2.30. The summed E-state index contributed by atoms with van der Waals surface area (Å²) >= 11 is 0. The molecule has 1 rings (SSSR count). The molecule has 1 amide bonds. The second-order valence-electron chi connectivity index (χ2n) is 4.80. The van der Waals surface area contributed by atoms with Crippen molar-refractivity contribution in [1.29, 1.82) is 0 Å². The van der Waals surface area contributed by atoms with Crippen LogP contribution in [-0.2, 0) is 4.79 Å². The maximum atomic E-state index is 11.7. The minimum Gasteiger partial charge on any atom is -0.326 e. The Bertz CT molecular complexity index is 212.